The van der Waals surface area contributed by atoms with E-state index in [9.17, 15) is 33.9 Å². The first-order valence-electron chi connectivity index (χ1n) is 30.9. The second kappa shape index (κ2) is 29.3. The van der Waals surface area contributed by atoms with E-state index < -0.39 is 17.8 Å². The van der Waals surface area contributed by atoms with Gasteiger partial charge in [0.25, 0.3) is 17.7 Å². The SMILES string of the molecule is Cc1c(-c2ccc(N3CCc4cccc(C(=O)Nc5nc6ccccc6s5)c4C3)nc2C(=O)O)cnn1CC12CC3(C)CC(C)(C1)CC(OCCOCCOCCN(C)C(=O)CCOCCOCCOCCOCCNC(=O)CCN1C(=O)C=CC1=O)(C3)C2. The van der Waals surface area contributed by atoms with Crippen molar-refractivity contribution in [1.82, 2.24) is 34.9 Å². The minimum Gasteiger partial charge on any atom is -0.476 e. The zero-order valence-corrected chi connectivity index (χ0v) is 52.3. The van der Waals surface area contributed by atoms with Crippen LogP contribution in [0.4, 0.5) is 10.9 Å². The summed E-state index contributed by atoms with van der Waals surface area (Å²) in [4.78, 5) is 88.6. The minimum absolute atomic E-state index is 0.0304. The van der Waals surface area contributed by atoms with Crippen molar-refractivity contribution in [1.29, 1.82) is 0 Å². The van der Waals surface area contributed by atoms with Gasteiger partial charge < -0.3 is 53.4 Å². The number of fused-ring (bicyclic) bond motifs is 2. The molecule has 2 aromatic carbocycles. The largest absolute Gasteiger partial charge is 0.476 e. The third kappa shape index (κ3) is 16.5. The lowest BCUT2D eigenvalue weighted by Gasteiger charge is -2.69. The molecule has 3 N–H and O–H groups in total. The quantitative estimate of drug-likeness (QED) is 0.0275. The highest BCUT2D eigenvalue weighted by atomic mass is 32.1. The molecule has 5 heterocycles. The number of anilines is 2. The molecule has 478 valence electrons. The summed E-state index contributed by atoms with van der Waals surface area (Å²) in [7, 11) is 1.75. The van der Waals surface area contributed by atoms with Crippen molar-refractivity contribution < 1.29 is 67.0 Å². The van der Waals surface area contributed by atoms with Crippen LogP contribution in [-0.2, 0) is 71.8 Å². The maximum Gasteiger partial charge on any atom is 0.355 e. The van der Waals surface area contributed by atoms with Gasteiger partial charge in [-0.1, -0.05) is 49.4 Å². The molecule has 4 bridgehead atoms. The van der Waals surface area contributed by atoms with E-state index in [4.69, 9.17) is 43.2 Å². The molecule has 4 aliphatic carbocycles. The van der Waals surface area contributed by atoms with Crippen LogP contribution in [0.3, 0.4) is 0 Å². The Hall–Kier alpha value is -7.03. The summed E-state index contributed by atoms with van der Waals surface area (Å²) >= 11 is 1.43. The van der Waals surface area contributed by atoms with Crippen LogP contribution >= 0.6 is 11.3 Å². The summed E-state index contributed by atoms with van der Waals surface area (Å²) in [6.07, 6.45) is 11.3. The van der Waals surface area contributed by atoms with Crippen LogP contribution < -0.4 is 15.5 Å². The molecule has 2 atom stereocenters. The highest BCUT2D eigenvalue weighted by molar-refractivity contribution is 7.22. The molecule has 0 saturated heterocycles. The summed E-state index contributed by atoms with van der Waals surface area (Å²) in [5.41, 5.74) is 5.32. The van der Waals surface area contributed by atoms with Gasteiger partial charge in [0.2, 0.25) is 11.8 Å². The van der Waals surface area contributed by atoms with Crippen LogP contribution in [0.1, 0.15) is 103 Å². The summed E-state index contributed by atoms with van der Waals surface area (Å²) < 4.78 is 43.9. The van der Waals surface area contributed by atoms with E-state index in [1.165, 1.54) is 23.5 Å². The number of carboxylic acids is 1. The van der Waals surface area contributed by atoms with Crippen molar-refractivity contribution in [3.63, 3.8) is 0 Å². The standard InChI is InChI=1S/C65H83N9O14S/c1-45-49(47-12-13-53(69-58(47)60(80)81)72-20-16-46-8-7-9-48(50(46)37-72)59(79)70-61-68-51-10-5-6-11-52(51)89-61)36-67-74(45)44-64-39-62(2)38-63(3,40-64)42-65(41-62,43-64)88-35-34-87-31-28-84-25-22-71(4)55(76)18-23-82-26-29-85-32-33-86-30-27-83-24-19-66-54(75)17-21-73-56(77)14-15-57(73)78/h5-15,36H,16-35,37-44H2,1-4H3,(H,66,75)(H,80,81)(H,68,70,79). The molecular formula is C65H83N9O14S. The Labute approximate surface area is 522 Å². The molecule has 5 amide bonds. The van der Waals surface area contributed by atoms with Gasteiger partial charge in [-0.15, -0.1) is 0 Å². The van der Waals surface area contributed by atoms with E-state index in [1.54, 1.807) is 18.1 Å². The number of imide groups is 1. The fraction of sp³-hybridized carbons (Fsp3) is 0.554. The number of para-hydroxylation sites is 1. The van der Waals surface area contributed by atoms with E-state index in [-0.39, 0.29) is 71.3 Å². The second-order valence-electron chi connectivity index (χ2n) is 24.9. The number of benzene rings is 2. The van der Waals surface area contributed by atoms with Crippen molar-refractivity contribution in [2.24, 2.45) is 16.2 Å². The Kier molecular flexibility index (Phi) is 21.4. The molecule has 23 nitrogen and oxygen atoms in total. The first kappa shape index (κ1) is 64.9. The third-order valence-corrected chi connectivity index (χ3v) is 18.5. The van der Waals surface area contributed by atoms with Crippen LogP contribution in [0.5, 0.6) is 0 Å². The number of rotatable bonds is 35. The molecule has 3 aromatic heterocycles. The molecule has 6 aliphatic rings. The summed E-state index contributed by atoms with van der Waals surface area (Å²) in [6, 6.07) is 17.3. The Balaban J connectivity index is 0.597. The number of hydrogen-bond acceptors (Lipinski definition) is 18. The van der Waals surface area contributed by atoms with E-state index in [1.807, 2.05) is 66.4 Å². The van der Waals surface area contributed by atoms with Gasteiger partial charge in [0, 0.05) is 87.3 Å². The number of nitrogens with one attached hydrogen (secondary N) is 2. The summed E-state index contributed by atoms with van der Waals surface area (Å²) in [6.45, 7) is 14.2. The van der Waals surface area contributed by atoms with Gasteiger partial charge >= 0.3 is 5.97 Å². The molecule has 4 fully saturated rings. The highest BCUT2D eigenvalue weighted by Gasteiger charge is 2.66. The number of aromatic carboxylic acids is 1. The van der Waals surface area contributed by atoms with E-state index in [0.29, 0.717) is 141 Å². The van der Waals surface area contributed by atoms with Crippen LogP contribution in [0.2, 0.25) is 0 Å². The smallest absolute Gasteiger partial charge is 0.355 e. The number of carboxylic acid groups (broad SMARTS) is 1. The van der Waals surface area contributed by atoms with Crippen LogP contribution in [0.25, 0.3) is 21.3 Å². The van der Waals surface area contributed by atoms with E-state index in [2.05, 4.69) is 34.1 Å². The lowest BCUT2D eigenvalue weighted by Crippen LogP contribution is -2.64. The lowest BCUT2D eigenvalue weighted by atomic mass is 9.39. The van der Waals surface area contributed by atoms with Crippen LogP contribution in [-0.4, -0.2) is 195 Å². The molecular weight excluding hydrogens is 1160 g/mol. The number of carbonyl (C=O) groups excluding carboxylic acids is 5. The number of aromatic nitrogens is 4. The van der Waals surface area contributed by atoms with Gasteiger partial charge in [-0.2, -0.15) is 5.10 Å². The number of ether oxygens (including phenoxy) is 7. The fourth-order valence-corrected chi connectivity index (χ4v) is 15.6. The predicted molar refractivity (Wildman–Crippen MR) is 332 cm³/mol. The molecule has 24 heteroatoms. The maximum atomic E-state index is 13.7. The Bertz CT molecular complexity index is 3320. The number of nitrogens with zero attached hydrogens (tertiary/aromatic N) is 7. The summed E-state index contributed by atoms with van der Waals surface area (Å²) in [5, 5.41) is 21.8. The van der Waals surface area contributed by atoms with Gasteiger partial charge in [-0.05, 0) is 110 Å². The van der Waals surface area contributed by atoms with E-state index in [0.717, 1.165) is 76.0 Å². The Morgan fingerprint density at radius 1 is 0.719 bits per heavy atom. The number of pyridine rings is 1. The first-order valence-corrected chi connectivity index (χ1v) is 31.7. The second-order valence-corrected chi connectivity index (χ2v) is 26.0. The van der Waals surface area contributed by atoms with Crippen molar-refractivity contribution in [3.8, 4) is 11.1 Å². The number of likely N-dealkylation sites (N-methyl/N-ethyl adjacent to an activating group) is 1. The van der Waals surface area contributed by atoms with Crippen molar-refractivity contribution in [2.75, 3.05) is 129 Å². The maximum absolute atomic E-state index is 13.7. The average Bonchev–Trinajstić information content (AvgIpc) is 0.907. The molecule has 0 radical (unpaired) electrons. The average molecular weight is 1250 g/mol. The molecule has 5 aromatic rings. The number of hydrogen-bond donors (Lipinski definition) is 3. The van der Waals surface area contributed by atoms with Gasteiger partial charge in [-0.3, -0.25) is 38.9 Å². The van der Waals surface area contributed by atoms with Crippen molar-refractivity contribution >= 4 is 68.0 Å². The highest BCUT2D eigenvalue weighted by Crippen LogP contribution is 2.72. The van der Waals surface area contributed by atoms with Gasteiger partial charge in [0.15, 0.2) is 10.8 Å². The Morgan fingerprint density at radius 2 is 1.38 bits per heavy atom. The topological polar surface area (TPSA) is 265 Å². The summed E-state index contributed by atoms with van der Waals surface area (Å²) in [5.74, 6) is -1.96. The lowest BCUT2D eigenvalue weighted by molar-refractivity contribution is -0.250. The number of thiazole rings is 1. The molecule has 2 unspecified atom stereocenters. The molecule has 2 aliphatic heterocycles. The fourth-order valence-electron chi connectivity index (χ4n) is 14.7. The molecule has 11 rings (SSSR count). The van der Waals surface area contributed by atoms with Crippen molar-refractivity contribution in [3.05, 3.63) is 101 Å². The zero-order valence-electron chi connectivity index (χ0n) is 51.5. The predicted octanol–water partition coefficient (Wildman–Crippen LogP) is 6.89. The van der Waals surface area contributed by atoms with E-state index >= 15 is 0 Å². The van der Waals surface area contributed by atoms with Crippen LogP contribution in [0.15, 0.2) is 72.9 Å². The van der Waals surface area contributed by atoms with Crippen LogP contribution in [0, 0.1) is 23.2 Å². The molecule has 0 spiro atoms. The Morgan fingerprint density at radius 3 is 2.08 bits per heavy atom. The van der Waals surface area contributed by atoms with Crippen molar-refractivity contribution in [2.45, 2.75) is 97.2 Å². The molecule has 89 heavy (non-hydrogen) atoms. The van der Waals surface area contributed by atoms with Gasteiger partial charge in [0.1, 0.15) is 5.82 Å². The normalized spacial score (nSPS) is 21.7. The minimum atomic E-state index is -1.12. The molecule has 4 saturated carbocycles. The van der Waals surface area contributed by atoms with Gasteiger partial charge in [0.05, 0.1) is 114 Å². The number of carbonyl (C=O) groups is 6. The monoisotopic (exact) mass is 1250 g/mol. The zero-order chi connectivity index (χ0) is 62.6. The number of amides is 5. The van der Waals surface area contributed by atoms with Gasteiger partial charge in [-0.25, -0.2) is 14.8 Å². The third-order valence-electron chi connectivity index (χ3n) is 17.6. The first-order chi connectivity index (χ1) is 42.9.